The fourth-order valence-electron chi connectivity index (χ4n) is 2.89. The average molecular weight is 369 g/mol. The first-order chi connectivity index (χ1) is 10.5. The number of nitrogens with one attached hydrogen (secondary N) is 1. The maximum Gasteiger partial charge on any atom is 0.257 e. The molecule has 1 fully saturated rings. The van der Waals surface area contributed by atoms with Crippen molar-refractivity contribution in [1.82, 2.24) is 15.2 Å². The minimum Gasteiger partial charge on any atom is -0.362 e. The summed E-state index contributed by atoms with van der Waals surface area (Å²) in [6.07, 6.45) is 5.11. The summed E-state index contributed by atoms with van der Waals surface area (Å²) in [5, 5.41) is 3.20. The van der Waals surface area contributed by atoms with Crippen LogP contribution in [0.15, 0.2) is 16.7 Å². The number of aromatic nitrogens is 1. The quantitative estimate of drug-likeness (QED) is 0.866. The Hall–Kier alpha value is -1.14. The van der Waals surface area contributed by atoms with Crippen LogP contribution in [0.25, 0.3) is 0 Å². The van der Waals surface area contributed by atoms with Gasteiger partial charge in [0.15, 0.2) is 0 Å². The first kappa shape index (κ1) is 17.2. The van der Waals surface area contributed by atoms with Crippen LogP contribution in [0.1, 0.15) is 29.6 Å². The van der Waals surface area contributed by atoms with Crippen molar-refractivity contribution in [1.29, 1.82) is 0 Å². The maximum atomic E-state index is 12.8. The molecule has 0 spiro atoms. The SMILES string of the molecule is CNCCC1CCN(C(=O)c2cc(Br)cnc2N(C)C)CC1. The van der Waals surface area contributed by atoms with E-state index in [4.69, 9.17) is 0 Å². The summed E-state index contributed by atoms with van der Waals surface area (Å²) in [4.78, 5) is 21.0. The molecule has 0 bridgehead atoms. The Morgan fingerprint density at radius 1 is 1.45 bits per heavy atom. The predicted octanol–water partition coefficient (Wildman–Crippen LogP) is 2.37. The van der Waals surface area contributed by atoms with Gasteiger partial charge in [-0.3, -0.25) is 4.79 Å². The smallest absolute Gasteiger partial charge is 0.257 e. The van der Waals surface area contributed by atoms with Crippen molar-refractivity contribution in [3.05, 3.63) is 22.3 Å². The lowest BCUT2D eigenvalue weighted by atomic mass is 9.93. The van der Waals surface area contributed by atoms with Crippen LogP contribution in [0.2, 0.25) is 0 Å². The van der Waals surface area contributed by atoms with Crippen molar-refractivity contribution in [2.45, 2.75) is 19.3 Å². The van der Waals surface area contributed by atoms with Gasteiger partial charge < -0.3 is 15.1 Å². The molecule has 122 valence electrons. The number of amides is 1. The zero-order chi connectivity index (χ0) is 16.1. The van der Waals surface area contributed by atoms with Crippen LogP contribution >= 0.6 is 15.9 Å². The minimum absolute atomic E-state index is 0.0876. The second-order valence-corrected chi connectivity index (χ2v) is 6.96. The summed E-state index contributed by atoms with van der Waals surface area (Å²) in [6, 6.07) is 1.87. The average Bonchev–Trinajstić information content (AvgIpc) is 2.52. The molecule has 5 nitrogen and oxygen atoms in total. The number of halogens is 1. The largest absolute Gasteiger partial charge is 0.362 e. The van der Waals surface area contributed by atoms with E-state index in [0.717, 1.165) is 48.7 Å². The van der Waals surface area contributed by atoms with Crippen LogP contribution in [0.3, 0.4) is 0 Å². The van der Waals surface area contributed by atoms with Crippen molar-refractivity contribution >= 4 is 27.7 Å². The number of nitrogens with zero attached hydrogens (tertiary/aromatic N) is 3. The van der Waals surface area contributed by atoms with Crippen molar-refractivity contribution < 1.29 is 4.79 Å². The number of likely N-dealkylation sites (tertiary alicyclic amines) is 1. The number of anilines is 1. The fraction of sp³-hybridized carbons (Fsp3) is 0.625. The van der Waals surface area contributed by atoms with E-state index in [9.17, 15) is 4.79 Å². The maximum absolute atomic E-state index is 12.8. The molecular weight excluding hydrogens is 344 g/mol. The molecule has 0 unspecified atom stereocenters. The summed E-state index contributed by atoms with van der Waals surface area (Å²) >= 11 is 3.42. The van der Waals surface area contributed by atoms with E-state index >= 15 is 0 Å². The molecule has 1 saturated heterocycles. The van der Waals surface area contributed by atoms with E-state index in [0.29, 0.717) is 5.56 Å². The van der Waals surface area contributed by atoms with Gasteiger partial charge in [0, 0.05) is 37.9 Å². The van der Waals surface area contributed by atoms with Gasteiger partial charge in [-0.05, 0) is 60.8 Å². The Balaban J connectivity index is 2.05. The third kappa shape index (κ3) is 4.20. The highest BCUT2D eigenvalue weighted by Gasteiger charge is 2.26. The van der Waals surface area contributed by atoms with Crippen LogP contribution < -0.4 is 10.2 Å². The van der Waals surface area contributed by atoms with Crippen LogP contribution in [0, 0.1) is 5.92 Å². The zero-order valence-electron chi connectivity index (χ0n) is 13.6. The van der Waals surface area contributed by atoms with Crippen molar-refractivity contribution in [2.24, 2.45) is 5.92 Å². The lowest BCUT2D eigenvalue weighted by Crippen LogP contribution is -2.39. The number of hydrogen-bond acceptors (Lipinski definition) is 4. The lowest BCUT2D eigenvalue weighted by Gasteiger charge is -2.32. The second kappa shape index (κ2) is 7.92. The van der Waals surface area contributed by atoms with E-state index in [1.165, 1.54) is 6.42 Å². The Labute approximate surface area is 141 Å². The molecule has 22 heavy (non-hydrogen) atoms. The number of carbonyl (C=O) groups excluding carboxylic acids is 1. The first-order valence-corrected chi connectivity index (χ1v) is 8.59. The van der Waals surface area contributed by atoms with Crippen LogP contribution in [0.5, 0.6) is 0 Å². The van der Waals surface area contributed by atoms with Gasteiger partial charge in [-0.1, -0.05) is 0 Å². The van der Waals surface area contributed by atoms with Gasteiger partial charge in [0.25, 0.3) is 5.91 Å². The molecule has 0 aromatic carbocycles. The van der Waals surface area contributed by atoms with Crippen LogP contribution in [-0.4, -0.2) is 56.6 Å². The van der Waals surface area contributed by atoms with E-state index in [-0.39, 0.29) is 5.91 Å². The highest BCUT2D eigenvalue weighted by molar-refractivity contribution is 9.10. The van der Waals surface area contributed by atoms with Crippen molar-refractivity contribution in [3.63, 3.8) is 0 Å². The second-order valence-electron chi connectivity index (χ2n) is 6.05. The predicted molar refractivity (Wildman–Crippen MR) is 93.4 cm³/mol. The first-order valence-electron chi connectivity index (χ1n) is 7.79. The van der Waals surface area contributed by atoms with Gasteiger partial charge >= 0.3 is 0 Å². The lowest BCUT2D eigenvalue weighted by molar-refractivity contribution is 0.0687. The van der Waals surface area contributed by atoms with Crippen molar-refractivity contribution in [3.8, 4) is 0 Å². The Bertz CT molecular complexity index is 513. The Kier molecular flexibility index (Phi) is 6.20. The fourth-order valence-corrected chi connectivity index (χ4v) is 3.22. The molecule has 1 aromatic rings. The summed E-state index contributed by atoms with van der Waals surface area (Å²) < 4.78 is 0.838. The topological polar surface area (TPSA) is 48.5 Å². The summed E-state index contributed by atoms with van der Waals surface area (Å²) in [5.74, 6) is 1.54. The van der Waals surface area contributed by atoms with Gasteiger partial charge in [0.2, 0.25) is 0 Å². The van der Waals surface area contributed by atoms with Gasteiger partial charge in [-0.25, -0.2) is 4.98 Å². The molecule has 1 aromatic heterocycles. The molecular formula is C16H25BrN4O. The molecule has 0 radical (unpaired) electrons. The number of rotatable bonds is 5. The van der Waals surface area contributed by atoms with E-state index in [1.807, 2.05) is 37.0 Å². The van der Waals surface area contributed by atoms with Crippen molar-refractivity contribution in [2.75, 3.05) is 45.7 Å². The minimum atomic E-state index is 0.0876. The van der Waals surface area contributed by atoms with E-state index < -0.39 is 0 Å². The van der Waals surface area contributed by atoms with Gasteiger partial charge in [-0.2, -0.15) is 0 Å². The van der Waals surface area contributed by atoms with E-state index in [2.05, 4.69) is 26.2 Å². The molecule has 0 saturated carbocycles. The van der Waals surface area contributed by atoms with Gasteiger partial charge in [0.1, 0.15) is 5.82 Å². The molecule has 2 rings (SSSR count). The highest BCUT2D eigenvalue weighted by atomic mass is 79.9. The third-order valence-corrected chi connectivity index (χ3v) is 4.63. The third-order valence-electron chi connectivity index (χ3n) is 4.19. The summed E-state index contributed by atoms with van der Waals surface area (Å²) in [7, 11) is 5.82. The Morgan fingerprint density at radius 3 is 2.73 bits per heavy atom. The number of hydrogen-bond donors (Lipinski definition) is 1. The Morgan fingerprint density at radius 2 is 2.14 bits per heavy atom. The van der Waals surface area contributed by atoms with Gasteiger partial charge in [-0.15, -0.1) is 0 Å². The van der Waals surface area contributed by atoms with Crippen LogP contribution in [-0.2, 0) is 0 Å². The molecule has 1 amide bonds. The molecule has 1 N–H and O–H groups in total. The monoisotopic (exact) mass is 368 g/mol. The normalized spacial score (nSPS) is 15.9. The molecule has 0 atom stereocenters. The molecule has 0 aliphatic carbocycles. The number of carbonyl (C=O) groups is 1. The highest BCUT2D eigenvalue weighted by Crippen LogP contribution is 2.25. The van der Waals surface area contributed by atoms with Gasteiger partial charge in [0.05, 0.1) is 5.56 Å². The summed E-state index contributed by atoms with van der Waals surface area (Å²) in [5.41, 5.74) is 0.674. The molecule has 1 aliphatic rings. The molecule has 1 aliphatic heterocycles. The zero-order valence-corrected chi connectivity index (χ0v) is 15.2. The standard InChI is InChI=1S/C16H25BrN4O/c1-18-7-4-12-5-8-21(9-6-12)16(22)14-10-13(17)11-19-15(14)20(2)3/h10-12,18H,4-9H2,1-3H3. The molecule has 2 heterocycles. The number of pyridine rings is 1. The van der Waals surface area contributed by atoms with E-state index in [1.54, 1.807) is 6.20 Å². The summed E-state index contributed by atoms with van der Waals surface area (Å²) in [6.45, 7) is 2.73. The number of piperidine rings is 1. The van der Waals surface area contributed by atoms with Crippen LogP contribution in [0.4, 0.5) is 5.82 Å². The molecule has 6 heteroatoms.